The van der Waals surface area contributed by atoms with Crippen LogP contribution in [0.2, 0.25) is 0 Å². The van der Waals surface area contributed by atoms with Crippen LogP contribution in [0, 0.1) is 0 Å². The number of nitrogens with one attached hydrogen (secondary N) is 2. The van der Waals surface area contributed by atoms with Crippen LogP contribution in [0.25, 0.3) is 0 Å². The van der Waals surface area contributed by atoms with Crippen LogP contribution >= 0.6 is 0 Å². The summed E-state index contributed by atoms with van der Waals surface area (Å²) in [5.74, 6) is -0.239. The molecular formula is C17H16N4O4S. The second-order valence-electron chi connectivity index (χ2n) is 5.38. The molecule has 2 aromatic carbocycles. The highest BCUT2D eigenvalue weighted by atomic mass is 32.2. The topological polar surface area (TPSA) is 114 Å². The van der Waals surface area contributed by atoms with Gasteiger partial charge in [0.15, 0.2) is 0 Å². The summed E-state index contributed by atoms with van der Waals surface area (Å²) in [5.41, 5.74) is 1.24. The summed E-state index contributed by atoms with van der Waals surface area (Å²) in [6.45, 7) is -0.0908. The van der Waals surface area contributed by atoms with Crippen molar-refractivity contribution in [3.63, 3.8) is 0 Å². The molecule has 3 aromatic rings. The number of sulfone groups is 1. The molecule has 8 nitrogen and oxygen atoms in total. The highest BCUT2D eigenvalue weighted by Gasteiger charge is 2.23. The Balaban J connectivity index is 1.58. The smallest absolute Gasteiger partial charge is 0.335 e. The fraction of sp³-hybridized carbons (Fsp3) is 0.118. The average Bonchev–Trinajstić information content (AvgIpc) is 3.11. The Hall–Kier alpha value is -3.20. The Morgan fingerprint density at radius 1 is 0.962 bits per heavy atom. The fourth-order valence-electron chi connectivity index (χ4n) is 2.14. The van der Waals surface area contributed by atoms with E-state index in [2.05, 4.69) is 20.8 Å². The van der Waals surface area contributed by atoms with Gasteiger partial charge in [-0.25, -0.2) is 13.2 Å². The molecule has 0 spiro atoms. The van der Waals surface area contributed by atoms with Crippen molar-refractivity contribution in [1.82, 2.24) is 15.5 Å². The Bertz CT molecular complexity index is 972. The number of para-hydroxylation sites is 1. The van der Waals surface area contributed by atoms with Crippen molar-refractivity contribution in [2.24, 2.45) is 0 Å². The third-order valence-electron chi connectivity index (χ3n) is 3.35. The molecule has 0 unspecified atom stereocenters. The van der Waals surface area contributed by atoms with Crippen LogP contribution < -0.4 is 10.6 Å². The second kappa shape index (κ2) is 7.79. The van der Waals surface area contributed by atoms with E-state index in [1.807, 2.05) is 6.07 Å². The largest absolute Gasteiger partial charge is 0.411 e. The zero-order chi connectivity index (χ0) is 18.4. The molecule has 0 aliphatic heterocycles. The zero-order valence-electron chi connectivity index (χ0n) is 13.6. The molecule has 0 saturated heterocycles. The number of carbonyl (C=O) groups excluding carboxylic acids is 1. The number of anilines is 1. The molecular weight excluding hydrogens is 356 g/mol. The van der Waals surface area contributed by atoms with E-state index in [0.717, 1.165) is 0 Å². The fourth-order valence-corrected chi connectivity index (χ4v) is 3.29. The maximum absolute atomic E-state index is 12.3. The summed E-state index contributed by atoms with van der Waals surface area (Å²) in [6, 6.07) is 17.1. The van der Waals surface area contributed by atoms with Gasteiger partial charge in [-0.15, -0.1) is 5.10 Å². The van der Waals surface area contributed by atoms with Crippen LogP contribution in [-0.2, 0) is 22.1 Å². The number of hydrogen-bond donors (Lipinski definition) is 2. The SMILES string of the molecule is O=C(NCc1nnc(S(=O)(=O)Cc2ccccc2)o1)Nc1ccccc1. The summed E-state index contributed by atoms with van der Waals surface area (Å²) in [5, 5.41) is 11.9. The summed E-state index contributed by atoms with van der Waals surface area (Å²) < 4.78 is 29.8. The molecule has 26 heavy (non-hydrogen) atoms. The lowest BCUT2D eigenvalue weighted by Gasteiger charge is -2.05. The van der Waals surface area contributed by atoms with Gasteiger partial charge in [-0.3, -0.25) is 0 Å². The predicted octanol–water partition coefficient (Wildman–Crippen LogP) is 2.37. The van der Waals surface area contributed by atoms with Gasteiger partial charge in [0, 0.05) is 5.69 Å². The highest BCUT2D eigenvalue weighted by Crippen LogP contribution is 2.15. The minimum atomic E-state index is -3.75. The number of aromatic nitrogens is 2. The molecule has 2 amide bonds. The molecule has 9 heteroatoms. The molecule has 0 atom stereocenters. The van der Waals surface area contributed by atoms with Gasteiger partial charge in [-0.05, 0) is 17.7 Å². The van der Waals surface area contributed by atoms with Gasteiger partial charge in [0.1, 0.15) is 0 Å². The number of nitrogens with zero attached hydrogens (tertiary/aromatic N) is 2. The monoisotopic (exact) mass is 372 g/mol. The molecule has 0 aliphatic carbocycles. The second-order valence-corrected chi connectivity index (χ2v) is 7.25. The normalized spacial score (nSPS) is 11.1. The van der Waals surface area contributed by atoms with Crippen LogP contribution in [0.15, 0.2) is 70.3 Å². The van der Waals surface area contributed by atoms with E-state index in [9.17, 15) is 13.2 Å². The third-order valence-corrected chi connectivity index (χ3v) is 4.76. The van der Waals surface area contributed by atoms with Crippen molar-refractivity contribution >= 4 is 21.6 Å². The van der Waals surface area contributed by atoms with Crippen molar-refractivity contribution < 1.29 is 17.6 Å². The molecule has 1 aromatic heterocycles. The molecule has 0 radical (unpaired) electrons. The number of hydrogen-bond acceptors (Lipinski definition) is 6. The molecule has 134 valence electrons. The van der Waals surface area contributed by atoms with Crippen LogP contribution in [0.4, 0.5) is 10.5 Å². The van der Waals surface area contributed by atoms with E-state index >= 15 is 0 Å². The van der Waals surface area contributed by atoms with E-state index in [1.165, 1.54) is 0 Å². The van der Waals surface area contributed by atoms with Gasteiger partial charge in [-0.1, -0.05) is 53.6 Å². The Morgan fingerprint density at radius 3 is 2.31 bits per heavy atom. The van der Waals surface area contributed by atoms with Gasteiger partial charge in [0.2, 0.25) is 15.7 Å². The third kappa shape index (κ3) is 4.67. The maximum atomic E-state index is 12.3. The van der Waals surface area contributed by atoms with E-state index < -0.39 is 21.1 Å². The van der Waals surface area contributed by atoms with Crippen LogP contribution in [0.5, 0.6) is 0 Å². The first-order valence-corrected chi connectivity index (χ1v) is 9.37. The summed E-state index contributed by atoms with van der Waals surface area (Å²) >= 11 is 0. The number of benzene rings is 2. The van der Waals surface area contributed by atoms with Crippen molar-refractivity contribution in [2.45, 2.75) is 17.5 Å². The summed E-state index contributed by atoms with van der Waals surface area (Å²) in [7, 11) is -3.75. The number of amides is 2. The Labute approximate surface area is 150 Å². The highest BCUT2D eigenvalue weighted by molar-refractivity contribution is 7.90. The van der Waals surface area contributed by atoms with Gasteiger partial charge >= 0.3 is 11.3 Å². The lowest BCUT2D eigenvalue weighted by molar-refractivity contribution is 0.250. The molecule has 0 saturated carbocycles. The first-order valence-electron chi connectivity index (χ1n) is 7.72. The summed E-state index contributed by atoms with van der Waals surface area (Å²) in [4.78, 5) is 11.8. The van der Waals surface area contributed by atoms with Gasteiger partial charge in [0.05, 0.1) is 12.3 Å². The quantitative estimate of drug-likeness (QED) is 0.686. The zero-order valence-corrected chi connectivity index (χ0v) is 14.4. The van der Waals surface area contributed by atoms with Crippen molar-refractivity contribution in [3.05, 3.63) is 72.1 Å². The molecule has 2 N–H and O–H groups in total. The van der Waals surface area contributed by atoms with E-state index in [0.29, 0.717) is 11.3 Å². The van der Waals surface area contributed by atoms with Gasteiger partial charge in [-0.2, -0.15) is 0 Å². The molecule has 3 rings (SSSR count). The van der Waals surface area contributed by atoms with Crippen molar-refractivity contribution in [1.29, 1.82) is 0 Å². The summed E-state index contributed by atoms with van der Waals surface area (Å²) in [6.07, 6.45) is 0. The first kappa shape index (κ1) is 17.6. The molecule has 0 aliphatic rings. The van der Waals surface area contributed by atoms with Crippen LogP contribution in [0.3, 0.4) is 0 Å². The van der Waals surface area contributed by atoms with E-state index in [4.69, 9.17) is 4.42 Å². The van der Waals surface area contributed by atoms with E-state index in [-0.39, 0.29) is 18.2 Å². The van der Waals surface area contributed by atoms with Gasteiger partial charge < -0.3 is 15.1 Å². The predicted molar refractivity (Wildman–Crippen MR) is 93.9 cm³/mol. The number of urea groups is 1. The minimum Gasteiger partial charge on any atom is -0.411 e. The lowest BCUT2D eigenvalue weighted by atomic mass is 10.2. The first-order chi connectivity index (χ1) is 12.5. The Morgan fingerprint density at radius 2 is 1.62 bits per heavy atom. The Kier molecular flexibility index (Phi) is 5.28. The van der Waals surface area contributed by atoms with Crippen molar-refractivity contribution in [2.75, 3.05) is 5.32 Å². The molecule has 1 heterocycles. The van der Waals surface area contributed by atoms with Crippen molar-refractivity contribution in [3.8, 4) is 0 Å². The number of carbonyl (C=O) groups is 1. The van der Waals surface area contributed by atoms with Gasteiger partial charge in [0.25, 0.3) is 0 Å². The number of rotatable bonds is 6. The van der Waals surface area contributed by atoms with E-state index in [1.54, 1.807) is 54.6 Å². The molecule has 0 bridgehead atoms. The average molecular weight is 372 g/mol. The maximum Gasteiger partial charge on any atom is 0.335 e. The standard InChI is InChI=1S/C17H16N4O4S/c22-16(19-14-9-5-2-6-10-14)18-11-15-20-21-17(25-15)26(23,24)12-13-7-3-1-4-8-13/h1-10H,11-12H2,(H2,18,19,22). The molecule has 0 fully saturated rings. The minimum absolute atomic E-state index is 0.000140. The lowest BCUT2D eigenvalue weighted by Crippen LogP contribution is -2.28. The van der Waals surface area contributed by atoms with Crippen LogP contribution in [-0.4, -0.2) is 24.6 Å². The van der Waals surface area contributed by atoms with Crippen LogP contribution in [0.1, 0.15) is 11.5 Å².